The first-order valence-corrected chi connectivity index (χ1v) is 16.6. The third-order valence-corrected chi connectivity index (χ3v) is 10.2. The van der Waals surface area contributed by atoms with Crippen molar-refractivity contribution in [2.24, 2.45) is 11.3 Å². The van der Waals surface area contributed by atoms with Crippen LogP contribution in [0.4, 0.5) is 0 Å². The first kappa shape index (κ1) is 32.4. The van der Waals surface area contributed by atoms with E-state index in [1.807, 2.05) is 42.6 Å². The van der Waals surface area contributed by atoms with Crippen LogP contribution in [-0.2, 0) is 9.59 Å². The summed E-state index contributed by atoms with van der Waals surface area (Å²) in [5.41, 5.74) is 5.02. The smallest absolute Gasteiger partial charge is 0.305 e. The van der Waals surface area contributed by atoms with Gasteiger partial charge in [-0.25, -0.2) is 0 Å². The van der Waals surface area contributed by atoms with E-state index >= 15 is 0 Å². The van der Waals surface area contributed by atoms with E-state index < -0.39 is 17.7 Å². The molecule has 6 rings (SSSR count). The molecule has 3 N–H and O–H groups in total. The maximum absolute atomic E-state index is 14.6. The van der Waals surface area contributed by atoms with E-state index in [0.717, 1.165) is 58.8 Å². The summed E-state index contributed by atoms with van der Waals surface area (Å²) >= 11 is 0. The van der Waals surface area contributed by atoms with Gasteiger partial charge in [0.2, 0.25) is 5.91 Å². The Labute approximate surface area is 276 Å². The predicted molar refractivity (Wildman–Crippen MR) is 183 cm³/mol. The summed E-state index contributed by atoms with van der Waals surface area (Å²) < 4.78 is 0. The van der Waals surface area contributed by atoms with Crippen molar-refractivity contribution < 1.29 is 19.5 Å². The first-order valence-electron chi connectivity index (χ1n) is 16.6. The van der Waals surface area contributed by atoms with Crippen molar-refractivity contribution in [3.63, 3.8) is 0 Å². The van der Waals surface area contributed by atoms with Crippen molar-refractivity contribution in [3.05, 3.63) is 102 Å². The van der Waals surface area contributed by atoms with E-state index in [9.17, 15) is 14.4 Å². The van der Waals surface area contributed by atoms with Crippen LogP contribution in [-0.4, -0.2) is 45.0 Å². The van der Waals surface area contributed by atoms with Gasteiger partial charge in [-0.2, -0.15) is 0 Å². The van der Waals surface area contributed by atoms with E-state index in [4.69, 9.17) is 5.11 Å². The number of carbonyl (C=O) groups excluding carboxylic acids is 2. The third-order valence-electron chi connectivity index (χ3n) is 10.2. The van der Waals surface area contributed by atoms with E-state index in [-0.39, 0.29) is 36.2 Å². The fraction of sp³-hybridized carbons (Fsp3) is 0.385. The summed E-state index contributed by atoms with van der Waals surface area (Å²) in [5, 5.41) is 16.5. The van der Waals surface area contributed by atoms with Crippen LogP contribution >= 0.6 is 0 Å². The predicted octanol–water partition coefficient (Wildman–Crippen LogP) is 7.27. The minimum absolute atomic E-state index is 0.0513. The van der Waals surface area contributed by atoms with Crippen molar-refractivity contribution >= 4 is 28.7 Å². The van der Waals surface area contributed by atoms with Crippen LogP contribution in [0.5, 0.6) is 0 Å². The molecule has 244 valence electrons. The number of aromatic nitrogens is 1. The van der Waals surface area contributed by atoms with Crippen LogP contribution in [0, 0.1) is 11.3 Å². The highest BCUT2D eigenvalue weighted by Gasteiger charge is 2.54. The SMILES string of the molecule is C[C@H](c1ccc(C(=O)NCCC(=O)O)cc1)N1C(=O)C(c2cccc(-c3cccc4cccnc34)c2)NC12CCC(C(C)(C)C)CC2. The molecular formula is C39H44N4O4. The largest absolute Gasteiger partial charge is 0.481 e. The van der Waals surface area contributed by atoms with Crippen LogP contribution in [0.25, 0.3) is 22.0 Å². The molecule has 1 unspecified atom stereocenters. The van der Waals surface area contributed by atoms with Gasteiger partial charge in [-0.05, 0) is 84.9 Å². The number of carboxylic acids is 1. The Kier molecular flexibility index (Phi) is 8.90. The number of benzene rings is 3. The van der Waals surface area contributed by atoms with Gasteiger partial charge in [0.15, 0.2) is 0 Å². The summed E-state index contributed by atoms with van der Waals surface area (Å²) in [6, 6.07) is 25.0. The van der Waals surface area contributed by atoms with Gasteiger partial charge in [-0.15, -0.1) is 0 Å². The Hall–Kier alpha value is -4.56. The number of amides is 2. The van der Waals surface area contributed by atoms with E-state index in [2.05, 4.69) is 78.5 Å². The molecule has 8 heteroatoms. The number of aliphatic carboxylic acids is 1. The van der Waals surface area contributed by atoms with Crippen molar-refractivity contribution in [1.82, 2.24) is 20.5 Å². The minimum atomic E-state index is -0.959. The standard InChI is InChI=1S/C39H44N4O4/c1-25(26-13-15-28(16-14-26)36(46)41-23-19-33(44)45)43-37(47)35(42-39(43)20-17-31(18-21-39)38(2,3)4)30-10-5-9-29(24-30)32-12-6-8-27-11-7-22-40-34(27)32/h5-16,22,24-25,31,35,42H,17-21,23H2,1-4H3,(H,41,46)(H,44,45)/t25-,31?,35?,39?/m1/s1. The molecule has 1 aliphatic heterocycles. The zero-order valence-electron chi connectivity index (χ0n) is 27.6. The quantitative estimate of drug-likeness (QED) is 0.188. The van der Waals surface area contributed by atoms with Crippen molar-refractivity contribution in [3.8, 4) is 11.1 Å². The van der Waals surface area contributed by atoms with Gasteiger partial charge in [0.05, 0.1) is 23.6 Å². The van der Waals surface area contributed by atoms with Gasteiger partial charge in [-0.1, -0.05) is 75.4 Å². The molecule has 1 aliphatic carbocycles. The number of hydrogen-bond acceptors (Lipinski definition) is 5. The van der Waals surface area contributed by atoms with Gasteiger partial charge in [0.25, 0.3) is 5.91 Å². The molecule has 1 spiro atoms. The molecule has 2 amide bonds. The average Bonchev–Trinajstić information content (AvgIpc) is 3.34. The summed E-state index contributed by atoms with van der Waals surface area (Å²) in [7, 11) is 0. The Bertz CT molecular complexity index is 1780. The second-order valence-corrected chi connectivity index (χ2v) is 14.2. The van der Waals surface area contributed by atoms with Crippen molar-refractivity contribution in [2.45, 2.75) is 77.5 Å². The fourth-order valence-corrected chi connectivity index (χ4v) is 7.55. The van der Waals surface area contributed by atoms with Crippen molar-refractivity contribution in [1.29, 1.82) is 0 Å². The van der Waals surface area contributed by atoms with Crippen LogP contribution in [0.15, 0.2) is 85.1 Å². The Morgan fingerprint density at radius 2 is 1.72 bits per heavy atom. The number of hydrogen-bond donors (Lipinski definition) is 3. The zero-order valence-corrected chi connectivity index (χ0v) is 27.6. The molecule has 2 aliphatic rings. The van der Waals surface area contributed by atoms with Crippen molar-refractivity contribution in [2.75, 3.05) is 6.54 Å². The molecule has 2 heterocycles. The topological polar surface area (TPSA) is 112 Å². The third kappa shape index (κ3) is 6.52. The number of fused-ring (bicyclic) bond motifs is 1. The molecule has 1 saturated carbocycles. The first-order chi connectivity index (χ1) is 22.5. The van der Waals surface area contributed by atoms with Gasteiger partial charge >= 0.3 is 5.97 Å². The van der Waals surface area contributed by atoms with Gasteiger partial charge in [-0.3, -0.25) is 24.7 Å². The molecular weight excluding hydrogens is 588 g/mol. The molecule has 47 heavy (non-hydrogen) atoms. The molecule has 2 atom stereocenters. The molecule has 1 saturated heterocycles. The van der Waals surface area contributed by atoms with E-state index in [1.54, 1.807) is 12.1 Å². The summed E-state index contributed by atoms with van der Waals surface area (Å²) in [6.07, 6.45) is 5.45. The lowest BCUT2D eigenvalue weighted by molar-refractivity contribution is -0.137. The lowest BCUT2D eigenvalue weighted by Crippen LogP contribution is -2.55. The highest BCUT2D eigenvalue weighted by Crippen LogP contribution is 2.49. The maximum Gasteiger partial charge on any atom is 0.305 e. The number of rotatable bonds is 8. The Morgan fingerprint density at radius 3 is 2.43 bits per heavy atom. The molecule has 1 aromatic heterocycles. The van der Waals surface area contributed by atoms with E-state index in [0.29, 0.717) is 11.5 Å². The lowest BCUT2D eigenvalue weighted by atomic mass is 9.69. The number of nitrogens with zero attached hydrogens (tertiary/aromatic N) is 2. The number of nitrogens with one attached hydrogen (secondary N) is 2. The zero-order chi connectivity index (χ0) is 33.3. The minimum Gasteiger partial charge on any atom is -0.481 e. The molecule has 2 fully saturated rings. The van der Waals surface area contributed by atoms with E-state index in [1.165, 1.54) is 0 Å². The fourth-order valence-electron chi connectivity index (χ4n) is 7.55. The van der Waals surface area contributed by atoms with Gasteiger partial charge in [0, 0.05) is 29.3 Å². The normalized spacial score (nSPS) is 22.0. The van der Waals surface area contributed by atoms with Crippen LogP contribution in [0.3, 0.4) is 0 Å². The number of pyridine rings is 1. The Balaban J connectivity index is 1.31. The molecule has 8 nitrogen and oxygen atoms in total. The molecule has 3 aromatic carbocycles. The highest BCUT2D eigenvalue weighted by atomic mass is 16.4. The van der Waals surface area contributed by atoms with Gasteiger partial charge in [0.1, 0.15) is 6.04 Å². The number of carboxylic acid groups (broad SMARTS) is 1. The second kappa shape index (κ2) is 12.9. The monoisotopic (exact) mass is 632 g/mol. The van der Waals surface area contributed by atoms with Crippen LogP contribution in [0.1, 0.15) is 93.4 Å². The van der Waals surface area contributed by atoms with Crippen LogP contribution in [0.2, 0.25) is 0 Å². The number of carbonyl (C=O) groups is 3. The Morgan fingerprint density at radius 1 is 1.02 bits per heavy atom. The molecule has 4 aromatic rings. The lowest BCUT2D eigenvalue weighted by Gasteiger charge is -2.48. The molecule has 0 radical (unpaired) electrons. The summed E-state index contributed by atoms with van der Waals surface area (Å²) in [6.45, 7) is 9.05. The summed E-state index contributed by atoms with van der Waals surface area (Å²) in [5.74, 6) is -0.653. The van der Waals surface area contributed by atoms with Crippen LogP contribution < -0.4 is 10.6 Å². The van der Waals surface area contributed by atoms with Gasteiger partial charge < -0.3 is 15.3 Å². The maximum atomic E-state index is 14.6. The molecule has 0 bridgehead atoms. The highest BCUT2D eigenvalue weighted by molar-refractivity contribution is 5.95. The second-order valence-electron chi connectivity index (χ2n) is 14.2. The average molecular weight is 633 g/mol. The summed E-state index contributed by atoms with van der Waals surface area (Å²) in [4.78, 5) is 44.8. The number of para-hydroxylation sites is 1.